The minimum absolute atomic E-state index is 0.268. The van der Waals surface area contributed by atoms with Gasteiger partial charge in [0, 0.05) is 18.1 Å². The Hall–Kier alpha value is -3.12. The number of thiazole rings is 1. The Morgan fingerprint density at radius 3 is 2.62 bits per heavy atom. The van der Waals surface area contributed by atoms with Crippen molar-refractivity contribution in [2.75, 3.05) is 5.32 Å². The third kappa shape index (κ3) is 3.07. The topological polar surface area (TPSA) is 67.8 Å². The second kappa shape index (κ2) is 6.65. The third-order valence-corrected chi connectivity index (χ3v) is 5.22. The van der Waals surface area contributed by atoms with E-state index in [0.717, 1.165) is 21.5 Å². The molecule has 2 heterocycles. The average molecular weight is 360 g/mol. The maximum atomic E-state index is 12.8. The van der Waals surface area contributed by atoms with E-state index in [4.69, 9.17) is 0 Å². The quantitative estimate of drug-likeness (QED) is 0.579. The van der Waals surface area contributed by atoms with Gasteiger partial charge in [0.1, 0.15) is 10.7 Å². The molecule has 0 saturated carbocycles. The first kappa shape index (κ1) is 16.4. The lowest BCUT2D eigenvalue weighted by molar-refractivity contribution is 0.102. The van der Waals surface area contributed by atoms with E-state index in [-0.39, 0.29) is 11.6 Å². The summed E-state index contributed by atoms with van der Waals surface area (Å²) in [5.41, 5.74) is 4.68. The average Bonchev–Trinajstić information content (AvgIpc) is 3.09. The van der Waals surface area contributed by atoms with Crippen LogP contribution in [-0.4, -0.2) is 20.9 Å². The van der Waals surface area contributed by atoms with Crippen LogP contribution >= 0.6 is 11.3 Å². The smallest absolute Gasteiger partial charge is 0.276 e. The molecule has 1 amide bonds. The first-order chi connectivity index (χ1) is 12.6. The summed E-state index contributed by atoms with van der Waals surface area (Å²) in [6.07, 6.45) is 3.10. The van der Waals surface area contributed by atoms with Gasteiger partial charge in [-0.3, -0.25) is 4.79 Å². The molecule has 0 bridgehead atoms. The van der Waals surface area contributed by atoms with Crippen molar-refractivity contribution in [1.82, 2.24) is 15.0 Å². The molecule has 26 heavy (non-hydrogen) atoms. The fourth-order valence-corrected chi connectivity index (χ4v) is 3.61. The number of aromatic nitrogens is 3. The van der Waals surface area contributed by atoms with Gasteiger partial charge in [-0.1, -0.05) is 18.2 Å². The van der Waals surface area contributed by atoms with Gasteiger partial charge in [0.25, 0.3) is 5.91 Å². The van der Waals surface area contributed by atoms with Crippen LogP contribution in [0.1, 0.15) is 21.6 Å². The van der Waals surface area contributed by atoms with E-state index in [2.05, 4.69) is 20.3 Å². The molecule has 0 spiro atoms. The first-order valence-corrected chi connectivity index (χ1v) is 8.99. The van der Waals surface area contributed by atoms with Crippen LogP contribution < -0.4 is 5.32 Å². The SMILES string of the molecule is Cc1ccc(NC(=O)c2nccnc2-c2nc3ccccc3s2)cc1C. The van der Waals surface area contributed by atoms with E-state index in [1.165, 1.54) is 23.1 Å². The number of hydrogen-bond donors (Lipinski definition) is 1. The van der Waals surface area contributed by atoms with E-state index in [9.17, 15) is 4.79 Å². The predicted octanol–water partition coefficient (Wildman–Crippen LogP) is 4.62. The van der Waals surface area contributed by atoms with E-state index in [1.54, 1.807) is 6.20 Å². The monoisotopic (exact) mass is 360 g/mol. The van der Waals surface area contributed by atoms with Crippen LogP contribution in [0.2, 0.25) is 0 Å². The molecule has 0 radical (unpaired) electrons. The van der Waals surface area contributed by atoms with E-state index in [1.807, 2.05) is 56.3 Å². The number of rotatable bonds is 3. The zero-order valence-corrected chi connectivity index (χ0v) is 15.2. The zero-order chi connectivity index (χ0) is 18.1. The van der Waals surface area contributed by atoms with Gasteiger partial charge in [0.2, 0.25) is 0 Å². The summed E-state index contributed by atoms with van der Waals surface area (Å²) in [6, 6.07) is 13.7. The number of fused-ring (bicyclic) bond motifs is 1. The molecule has 0 aliphatic heterocycles. The standard InChI is InChI=1S/C20H16N4OS/c1-12-7-8-14(11-13(12)2)23-19(25)17-18(22-10-9-21-17)20-24-15-5-3-4-6-16(15)26-20/h3-11H,1-2H3,(H,23,25). The highest BCUT2D eigenvalue weighted by Gasteiger charge is 2.19. The molecule has 128 valence electrons. The largest absolute Gasteiger partial charge is 0.321 e. The van der Waals surface area contributed by atoms with Crippen LogP contribution in [0.4, 0.5) is 5.69 Å². The fraction of sp³-hybridized carbons (Fsp3) is 0.100. The molecule has 4 aromatic rings. The molecular formula is C20H16N4OS. The molecule has 1 N–H and O–H groups in total. The lowest BCUT2D eigenvalue weighted by Crippen LogP contribution is -2.15. The molecule has 2 aromatic heterocycles. The number of aryl methyl sites for hydroxylation is 2. The summed E-state index contributed by atoms with van der Waals surface area (Å²) in [5.74, 6) is -0.296. The highest BCUT2D eigenvalue weighted by Crippen LogP contribution is 2.30. The summed E-state index contributed by atoms with van der Waals surface area (Å²) in [5, 5.41) is 3.59. The number of hydrogen-bond acceptors (Lipinski definition) is 5. The van der Waals surface area contributed by atoms with Crippen LogP contribution in [-0.2, 0) is 0 Å². The second-order valence-corrected chi connectivity index (χ2v) is 7.02. The zero-order valence-electron chi connectivity index (χ0n) is 14.4. The number of benzene rings is 2. The van der Waals surface area contributed by atoms with Gasteiger partial charge in [-0.2, -0.15) is 0 Å². The van der Waals surface area contributed by atoms with Gasteiger partial charge >= 0.3 is 0 Å². The minimum atomic E-state index is -0.296. The molecule has 0 aliphatic carbocycles. The van der Waals surface area contributed by atoms with E-state index < -0.39 is 0 Å². The number of nitrogens with one attached hydrogen (secondary N) is 1. The number of carbonyl (C=O) groups excluding carboxylic acids is 1. The van der Waals surface area contributed by atoms with Crippen LogP contribution in [0, 0.1) is 13.8 Å². The minimum Gasteiger partial charge on any atom is -0.321 e. The van der Waals surface area contributed by atoms with Crippen LogP contribution in [0.25, 0.3) is 20.9 Å². The summed E-state index contributed by atoms with van der Waals surface area (Å²) in [7, 11) is 0. The third-order valence-electron chi connectivity index (χ3n) is 4.17. The Kier molecular flexibility index (Phi) is 4.18. The van der Waals surface area contributed by atoms with Crippen LogP contribution in [0.3, 0.4) is 0 Å². The summed E-state index contributed by atoms with van der Waals surface area (Å²) < 4.78 is 1.05. The van der Waals surface area contributed by atoms with Gasteiger partial charge in [-0.15, -0.1) is 11.3 Å². The number of carbonyl (C=O) groups is 1. The van der Waals surface area contributed by atoms with Gasteiger partial charge in [-0.25, -0.2) is 15.0 Å². The lowest BCUT2D eigenvalue weighted by atomic mass is 10.1. The summed E-state index contributed by atoms with van der Waals surface area (Å²) in [6.45, 7) is 4.05. The Morgan fingerprint density at radius 1 is 1.00 bits per heavy atom. The molecular weight excluding hydrogens is 344 g/mol. The molecule has 6 heteroatoms. The van der Waals surface area contributed by atoms with Crippen LogP contribution in [0.5, 0.6) is 0 Å². The number of para-hydroxylation sites is 1. The lowest BCUT2D eigenvalue weighted by Gasteiger charge is -2.08. The first-order valence-electron chi connectivity index (χ1n) is 8.17. The summed E-state index contributed by atoms with van der Waals surface area (Å²) in [4.78, 5) is 26.0. The Morgan fingerprint density at radius 2 is 1.81 bits per heavy atom. The Balaban J connectivity index is 1.70. The molecule has 0 saturated heterocycles. The summed E-state index contributed by atoms with van der Waals surface area (Å²) >= 11 is 1.50. The molecule has 0 atom stereocenters. The van der Waals surface area contributed by atoms with Gasteiger partial charge in [0.05, 0.1) is 10.2 Å². The molecule has 2 aromatic carbocycles. The van der Waals surface area contributed by atoms with Gasteiger partial charge in [-0.05, 0) is 49.2 Å². The second-order valence-electron chi connectivity index (χ2n) is 5.99. The van der Waals surface area contributed by atoms with Crippen molar-refractivity contribution in [3.63, 3.8) is 0 Å². The number of amides is 1. The molecule has 0 fully saturated rings. The van der Waals surface area contributed by atoms with Crippen molar-refractivity contribution in [2.24, 2.45) is 0 Å². The van der Waals surface area contributed by atoms with Crippen molar-refractivity contribution in [3.8, 4) is 10.7 Å². The van der Waals surface area contributed by atoms with Crippen molar-refractivity contribution in [3.05, 3.63) is 71.7 Å². The predicted molar refractivity (Wildman–Crippen MR) is 105 cm³/mol. The highest BCUT2D eigenvalue weighted by atomic mass is 32.1. The fourth-order valence-electron chi connectivity index (χ4n) is 2.64. The van der Waals surface area contributed by atoms with Crippen molar-refractivity contribution < 1.29 is 4.79 Å². The van der Waals surface area contributed by atoms with Crippen molar-refractivity contribution in [2.45, 2.75) is 13.8 Å². The maximum absolute atomic E-state index is 12.8. The van der Waals surface area contributed by atoms with Crippen molar-refractivity contribution in [1.29, 1.82) is 0 Å². The molecule has 4 rings (SSSR count). The normalized spacial score (nSPS) is 10.8. The number of nitrogens with zero attached hydrogens (tertiary/aromatic N) is 3. The van der Waals surface area contributed by atoms with E-state index >= 15 is 0 Å². The number of anilines is 1. The molecule has 0 aliphatic rings. The van der Waals surface area contributed by atoms with E-state index in [0.29, 0.717) is 10.7 Å². The van der Waals surface area contributed by atoms with Gasteiger partial charge in [0.15, 0.2) is 5.69 Å². The Labute approximate surface area is 154 Å². The molecule has 5 nitrogen and oxygen atoms in total. The maximum Gasteiger partial charge on any atom is 0.276 e. The van der Waals surface area contributed by atoms with Gasteiger partial charge < -0.3 is 5.32 Å². The highest BCUT2D eigenvalue weighted by molar-refractivity contribution is 7.21. The van der Waals surface area contributed by atoms with Crippen LogP contribution in [0.15, 0.2) is 54.9 Å². The van der Waals surface area contributed by atoms with Crippen molar-refractivity contribution >= 4 is 33.1 Å². The Bertz CT molecular complexity index is 1090. The molecule has 0 unspecified atom stereocenters.